The molecular weight excluding hydrogens is 348 g/mol. The van der Waals surface area contributed by atoms with Gasteiger partial charge in [-0.15, -0.1) is 0 Å². The number of rotatable bonds is 3. The number of aryl methyl sites for hydroxylation is 2. The van der Waals surface area contributed by atoms with E-state index in [4.69, 9.17) is 4.18 Å². The smallest absolute Gasteiger partial charge is 0.264 e. The van der Waals surface area contributed by atoms with E-state index in [-0.39, 0.29) is 11.5 Å². The van der Waals surface area contributed by atoms with Crippen LogP contribution in [0.2, 0.25) is 0 Å². The molecule has 0 amide bonds. The van der Waals surface area contributed by atoms with Crippen LogP contribution >= 0.6 is 0 Å². The fraction of sp³-hybridized carbons (Fsp3) is 0.714. The predicted molar refractivity (Wildman–Crippen MR) is 102 cm³/mol. The number of phenolic OH excluding ortho intramolecular Hbond substituents is 1. The summed E-state index contributed by atoms with van der Waals surface area (Å²) in [4.78, 5) is 0. The van der Waals surface area contributed by atoms with Crippen LogP contribution < -0.4 is 0 Å². The van der Waals surface area contributed by atoms with Crippen molar-refractivity contribution in [1.82, 2.24) is 0 Å². The Morgan fingerprint density at radius 3 is 2.69 bits per heavy atom. The minimum Gasteiger partial charge on any atom is -0.508 e. The van der Waals surface area contributed by atoms with E-state index in [1.807, 2.05) is 6.07 Å². The van der Waals surface area contributed by atoms with E-state index in [2.05, 4.69) is 19.9 Å². The number of aromatic hydroxyl groups is 1. The molecule has 0 radical (unpaired) electrons. The highest BCUT2D eigenvalue weighted by Crippen LogP contribution is 2.61. The third-order valence-corrected chi connectivity index (χ3v) is 8.09. The van der Waals surface area contributed by atoms with Crippen molar-refractivity contribution in [2.24, 2.45) is 17.3 Å². The average molecular weight is 379 g/mol. The molecule has 1 N–H and O–H groups in total. The third-order valence-electron chi connectivity index (χ3n) is 7.51. The Balaban J connectivity index is 1.65. The summed E-state index contributed by atoms with van der Waals surface area (Å²) >= 11 is 0. The van der Waals surface area contributed by atoms with Gasteiger partial charge in [0.25, 0.3) is 10.1 Å². The summed E-state index contributed by atoms with van der Waals surface area (Å²) in [6.07, 6.45) is 8.00. The van der Waals surface area contributed by atoms with E-state index in [0.29, 0.717) is 23.5 Å². The lowest BCUT2D eigenvalue weighted by Crippen LogP contribution is -2.45. The molecule has 3 aliphatic carbocycles. The molecule has 0 saturated heterocycles. The highest BCUT2D eigenvalue weighted by Gasteiger charge is 2.56. The molecule has 0 unspecified atom stereocenters. The zero-order valence-electron chi connectivity index (χ0n) is 16.0. The predicted octanol–water partition coefficient (Wildman–Crippen LogP) is 4.16. The monoisotopic (exact) mass is 378 g/mol. The molecule has 5 heteroatoms. The lowest BCUT2D eigenvalue weighted by Gasteiger charge is -2.50. The maximum absolute atomic E-state index is 11.7. The van der Waals surface area contributed by atoms with Gasteiger partial charge in [0.05, 0.1) is 12.4 Å². The Hall–Kier alpha value is -1.07. The van der Waals surface area contributed by atoms with Crippen molar-refractivity contribution >= 4 is 10.1 Å². The van der Waals surface area contributed by atoms with Gasteiger partial charge in [-0.3, -0.25) is 4.18 Å². The fourth-order valence-corrected chi connectivity index (χ4v) is 7.00. The van der Waals surface area contributed by atoms with Crippen LogP contribution in [-0.4, -0.2) is 25.9 Å². The van der Waals surface area contributed by atoms with Crippen molar-refractivity contribution in [1.29, 1.82) is 0 Å². The van der Waals surface area contributed by atoms with Gasteiger partial charge in [-0.25, -0.2) is 0 Å². The van der Waals surface area contributed by atoms with Gasteiger partial charge < -0.3 is 5.11 Å². The molecule has 5 atom stereocenters. The maximum Gasteiger partial charge on any atom is 0.264 e. The van der Waals surface area contributed by atoms with Crippen LogP contribution in [0.1, 0.15) is 68.6 Å². The number of fused-ring (bicyclic) bond motifs is 5. The topological polar surface area (TPSA) is 63.6 Å². The quantitative estimate of drug-likeness (QED) is 0.803. The Bertz CT molecular complexity index is 816. The Kier molecular flexibility index (Phi) is 4.39. The minimum atomic E-state index is -3.42. The zero-order valence-corrected chi connectivity index (χ0v) is 16.8. The second kappa shape index (κ2) is 6.23. The highest BCUT2D eigenvalue weighted by molar-refractivity contribution is 7.86. The molecule has 0 heterocycles. The molecule has 1 aromatic carbocycles. The van der Waals surface area contributed by atoms with Gasteiger partial charge in [-0.05, 0) is 90.9 Å². The summed E-state index contributed by atoms with van der Waals surface area (Å²) in [5.74, 6) is 2.11. The first-order chi connectivity index (χ1) is 12.2. The highest BCUT2D eigenvalue weighted by atomic mass is 32.2. The second-order valence-corrected chi connectivity index (χ2v) is 10.5. The van der Waals surface area contributed by atoms with Crippen LogP contribution in [0.5, 0.6) is 5.75 Å². The van der Waals surface area contributed by atoms with Crippen LogP contribution in [0, 0.1) is 17.3 Å². The molecule has 1 aromatic rings. The summed E-state index contributed by atoms with van der Waals surface area (Å²) in [7, 11) is -3.42. The van der Waals surface area contributed by atoms with Crippen LogP contribution in [-0.2, 0) is 27.1 Å². The van der Waals surface area contributed by atoms with E-state index in [0.717, 1.165) is 50.5 Å². The second-order valence-electron chi connectivity index (χ2n) is 8.86. The molecule has 2 fully saturated rings. The first kappa shape index (κ1) is 18.3. The number of hydrogen-bond donors (Lipinski definition) is 1. The molecule has 2 saturated carbocycles. The van der Waals surface area contributed by atoms with Crippen molar-refractivity contribution in [2.45, 2.75) is 70.8 Å². The number of benzene rings is 1. The van der Waals surface area contributed by atoms with Gasteiger partial charge in [0.1, 0.15) is 5.75 Å². The normalized spacial score (nSPS) is 36.3. The molecule has 4 rings (SSSR count). The Morgan fingerprint density at radius 1 is 1.23 bits per heavy atom. The third kappa shape index (κ3) is 2.88. The van der Waals surface area contributed by atoms with E-state index in [1.165, 1.54) is 17.4 Å². The molecule has 0 aromatic heterocycles. The van der Waals surface area contributed by atoms with Crippen LogP contribution in [0.25, 0.3) is 0 Å². The molecule has 0 aliphatic heterocycles. The lowest BCUT2D eigenvalue weighted by molar-refractivity contribution is -0.00768. The van der Waals surface area contributed by atoms with Gasteiger partial charge in [0.2, 0.25) is 0 Å². The van der Waals surface area contributed by atoms with Gasteiger partial charge in [0.15, 0.2) is 0 Å². The molecule has 0 bridgehead atoms. The molecule has 0 spiro atoms. The Morgan fingerprint density at radius 2 is 2.00 bits per heavy atom. The summed E-state index contributed by atoms with van der Waals surface area (Å²) in [6.45, 7) is 4.34. The Labute approximate surface area is 157 Å². The SMILES string of the molecule is CCc1cc2c(cc1O)CC[C@@H]1[C@@H]2CC[C@]2(C)[C@H](OS(C)(=O)=O)CC[C@@H]12. The number of hydrogen-bond acceptors (Lipinski definition) is 4. The average Bonchev–Trinajstić information content (AvgIpc) is 2.89. The zero-order chi connectivity index (χ0) is 18.7. The van der Waals surface area contributed by atoms with E-state index >= 15 is 0 Å². The van der Waals surface area contributed by atoms with Crippen LogP contribution in [0.15, 0.2) is 12.1 Å². The summed E-state index contributed by atoms with van der Waals surface area (Å²) < 4.78 is 28.9. The standard InChI is InChI=1S/C21H30O4S/c1-4-13-11-17-14(12-19(13)22)5-6-16-15(17)9-10-21(2)18(16)7-8-20(21)25-26(3,23)24/h11-12,15-16,18,20,22H,4-10H2,1-3H3/t15-,16+,18-,20+,21-/m0/s1. The summed E-state index contributed by atoms with van der Waals surface area (Å²) in [5.41, 5.74) is 3.76. The van der Waals surface area contributed by atoms with E-state index in [9.17, 15) is 13.5 Å². The van der Waals surface area contributed by atoms with Crippen LogP contribution in [0.4, 0.5) is 0 Å². The first-order valence-electron chi connectivity index (χ1n) is 9.96. The number of phenols is 1. The molecular formula is C21H30O4S. The van der Waals surface area contributed by atoms with Crippen molar-refractivity contribution in [3.8, 4) is 5.75 Å². The fourth-order valence-electron chi connectivity index (χ4n) is 6.26. The van der Waals surface area contributed by atoms with Crippen molar-refractivity contribution < 1.29 is 17.7 Å². The molecule has 26 heavy (non-hydrogen) atoms. The molecule has 3 aliphatic rings. The van der Waals surface area contributed by atoms with Gasteiger partial charge in [-0.1, -0.05) is 19.9 Å². The summed E-state index contributed by atoms with van der Waals surface area (Å²) in [6, 6.07) is 4.23. The lowest BCUT2D eigenvalue weighted by atomic mass is 9.55. The van der Waals surface area contributed by atoms with E-state index in [1.54, 1.807) is 0 Å². The van der Waals surface area contributed by atoms with Crippen molar-refractivity contribution in [3.63, 3.8) is 0 Å². The van der Waals surface area contributed by atoms with Crippen molar-refractivity contribution in [3.05, 3.63) is 28.8 Å². The minimum absolute atomic E-state index is 0.0355. The van der Waals surface area contributed by atoms with Gasteiger partial charge in [0, 0.05) is 0 Å². The van der Waals surface area contributed by atoms with E-state index < -0.39 is 10.1 Å². The van der Waals surface area contributed by atoms with Gasteiger partial charge in [-0.2, -0.15) is 8.42 Å². The van der Waals surface area contributed by atoms with Crippen LogP contribution in [0.3, 0.4) is 0 Å². The first-order valence-corrected chi connectivity index (χ1v) is 11.8. The maximum atomic E-state index is 11.7. The van der Waals surface area contributed by atoms with Gasteiger partial charge >= 0.3 is 0 Å². The molecule has 144 valence electrons. The largest absolute Gasteiger partial charge is 0.508 e. The molecule has 4 nitrogen and oxygen atoms in total. The van der Waals surface area contributed by atoms with Crippen molar-refractivity contribution in [2.75, 3.05) is 6.26 Å². The summed E-state index contributed by atoms with van der Waals surface area (Å²) in [5, 5.41) is 10.2.